The number of para-hydroxylation sites is 1. The molecule has 0 saturated carbocycles. The van der Waals surface area contributed by atoms with Crippen molar-refractivity contribution < 1.29 is 17.6 Å². The van der Waals surface area contributed by atoms with Crippen LogP contribution in [0.1, 0.15) is 12.8 Å². The first kappa shape index (κ1) is 18.7. The average molecular weight is 400 g/mol. The number of amides is 1. The Labute approximate surface area is 163 Å². The van der Waals surface area contributed by atoms with Crippen molar-refractivity contribution in [3.63, 3.8) is 0 Å². The topological polar surface area (TPSA) is 59.4 Å². The summed E-state index contributed by atoms with van der Waals surface area (Å²) in [6.45, 7) is 1.05. The first-order chi connectivity index (χ1) is 13.4. The molecule has 1 saturated heterocycles. The van der Waals surface area contributed by atoms with E-state index < -0.39 is 20.9 Å². The van der Waals surface area contributed by atoms with Gasteiger partial charge in [0, 0.05) is 24.8 Å². The fraction of sp³-hybridized carbons (Fsp3) is 0.286. The zero-order chi connectivity index (χ0) is 19.7. The Morgan fingerprint density at radius 1 is 1.00 bits per heavy atom. The fourth-order valence-electron chi connectivity index (χ4n) is 3.76. The van der Waals surface area contributed by atoms with Crippen LogP contribution in [0.3, 0.4) is 0 Å². The maximum Gasteiger partial charge on any atom is 0.242 e. The Hall–Kier alpha value is -2.67. The summed E-state index contributed by atoms with van der Waals surface area (Å²) < 4.78 is 40.5. The third-order valence-electron chi connectivity index (χ3n) is 5.36. The molecule has 4 rings (SSSR count). The van der Waals surface area contributed by atoms with E-state index in [9.17, 15) is 17.6 Å². The molecular weight excluding hydrogens is 379 g/mol. The van der Waals surface area contributed by atoms with Crippen molar-refractivity contribution in [1.29, 1.82) is 0 Å². The number of likely N-dealkylation sites (tertiary alicyclic amines) is 1. The summed E-state index contributed by atoms with van der Waals surface area (Å²) in [6.07, 6.45) is 2.67. The second-order valence-corrected chi connectivity index (χ2v) is 9.31. The molecule has 3 aromatic rings. The molecule has 0 spiro atoms. The van der Waals surface area contributed by atoms with E-state index in [1.54, 1.807) is 4.90 Å². The first-order valence-corrected chi connectivity index (χ1v) is 10.8. The van der Waals surface area contributed by atoms with E-state index in [0.717, 1.165) is 23.0 Å². The van der Waals surface area contributed by atoms with Gasteiger partial charge in [-0.2, -0.15) is 0 Å². The highest BCUT2D eigenvalue weighted by Crippen LogP contribution is 2.25. The van der Waals surface area contributed by atoms with Crippen LogP contribution in [-0.2, 0) is 21.2 Å². The van der Waals surface area contributed by atoms with Crippen LogP contribution in [0, 0.1) is 5.82 Å². The third-order valence-corrected chi connectivity index (χ3v) is 7.64. The summed E-state index contributed by atoms with van der Waals surface area (Å²) in [5.74, 6) is -0.476. The number of fused-ring (bicyclic) bond motifs is 1. The van der Waals surface area contributed by atoms with Crippen LogP contribution in [-0.4, -0.2) is 42.1 Å². The first-order valence-electron chi connectivity index (χ1n) is 9.26. The number of hydrogen-bond donors (Lipinski definition) is 0. The molecule has 0 aliphatic carbocycles. The lowest BCUT2D eigenvalue weighted by Gasteiger charge is -2.32. The maximum atomic E-state index is 13.1. The zero-order valence-electron chi connectivity index (χ0n) is 15.3. The highest BCUT2D eigenvalue weighted by atomic mass is 32.2. The lowest BCUT2D eigenvalue weighted by atomic mass is 10.1. The number of carbonyl (C=O) groups excluding carboxylic acids is 1. The number of rotatable bonds is 4. The van der Waals surface area contributed by atoms with E-state index >= 15 is 0 Å². The monoisotopic (exact) mass is 400 g/mol. The Bertz CT molecular complexity index is 1100. The predicted octanol–water partition coefficient (Wildman–Crippen LogP) is 3.25. The summed E-state index contributed by atoms with van der Waals surface area (Å²) in [7, 11) is -3.52. The van der Waals surface area contributed by atoms with E-state index in [-0.39, 0.29) is 17.3 Å². The summed E-state index contributed by atoms with van der Waals surface area (Å²) in [4.78, 5) is 14.6. The lowest BCUT2D eigenvalue weighted by molar-refractivity contribution is -0.132. The molecule has 1 aromatic heterocycles. The molecular formula is C21H21FN2O3S. The zero-order valence-corrected chi connectivity index (χ0v) is 16.1. The van der Waals surface area contributed by atoms with Gasteiger partial charge in [0.2, 0.25) is 5.91 Å². The second-order valence-electron chi connectivity index (χ2n) is 7.08. The largest absolute Gasteiger partial charge is 0.341 e. The van der Waals surface area contributed by atoms with Gasteiger partial charge >= 0.3 is 0 Å². The van der Waals surface area contributed by atoms with E-state index in [1.807, 2.05) is 41.1 Å². The van der Waals surface area contributed by atoms with Crippen LogP contribution in [0.25, 0.3) is 10.9 Å². The molecule has 1 fully saturated rings. The van der Waals surface area contributed by atoms with Crippen molar-refractivity contribution in [2.24, 2.45) is 0 Å². The minimum absolute atomic E-state index is 0.0148. The summed E-state index contributed by atoms with van der Waals surface area (Å²) in [5.41, 5.74) is 1.00. The Morgan fingerprint density at radius 3 is 2.39 bits per heavy atom. The van der Waals surface area contributed by atoms with Gasteiger partial charge in [-0.1, -0.05) is 18.2 Å². The van der Waals surface area contributed by atoms with Crippen molar-refractivity contribution in [2.75, 3.05) is 13.1 Å². The average Bonchev–Trinajstić information content (AvgIpc) is 3.11. The SMILES string of the molecule is O=C(Cn1ccc2ccccc21)N1CCC(S(=O)(=O)c2ccc(F)cc2)CC1. The molecule has 2 heterocycles. The van der Waals surface area contributed by atoms with Crippen LogP contribution in [0.4, 0.5) is 4.39 Å². The van der Waals surface area contributed by atoms with Gasteiger partial charge in [-0.3, -0.25) is 4.79 Å². The Balaban J connectivity index is 1.41. The molecule has 0 bridgehead atoms. The van der Waals surface area contributed by atoms with E-state index in [1.165, 1.54) is 12.1 Å². The molecule has 146 valence electrons. The summed E-state index contributed by atoms with van der Waals surface area (Å²) >= 11 is 0. The normalized spacial score (nSPS) is 15.8. The van der Waals surface area contributed by atoms with Crippen molar-refractivity contribution >= 4 is 26.6 Å². The number of nitrogens with zero attached hydrogens (tertiary/aromatic N) is 2. The van der Waals surface area contributed by atoms with E-state index in [2.05, 4.69) is 0 Å². The van der Waals surface area contributed by atoms with Gasteiger partial charge < -0.3 is 9.47 Å². The number of sulfone groups is 1. The number of aromatic nitrogens is 1. The second kappa shape index (κ2) is 7.39. The molecule has 7 heteroatoms. The van der Waals surface area contributed by atoms with Crippen LogP contribution in [0.5, 0.6) is 0 Å². The highest BCUT2D eigenvalue weighted by molar-refractivity contribution is 7.92. The molecule has 0 radical (unpaired) electrons. The molecule has 0 unspecified atom stereocenters. The van der Waals surface area contributed by atoms with Crippen molar-refractivity contribution in [1.82, 2.24) is 9.47 Å². The molecule has 1 amide bonds. The van der Waals surface area contributed by atoms with Crippen LogP contribution in [0.2, 0.25) is 0 Å². The molecule has 1 aliphatic heterocycles. The molecule has 0 atom stereocenters. The number of hydrogen-bond acceptors (Lipinski definition) is 3. The van der Waals surface area contributed by atoms with Gasteiger partial charge in [0.05, 0.1) is 10.1 Å². The van der Waals surface area contributed by atoms with Crippen molar-refractivity contribution in [2.45, 2.75) is 29.5 Å². The van der Waals surface area contributed by atoms with Gasteiger partial charge in [0.15, 0.2) is 9.84 Å². The van der Waals surface area contributed by atoms with Gasteiger partial charge in [-0.05, 0) is 54.6 Å². The highest BCUT2D eigenvalue weighted by Gasteiger charge is 2.32. The van der Waals surface area contributed by atoms with Gasteiger partial charge in [-0.15, -0.1) is 0 Å². The summed E-state index contributed by atoms with van der Waals surface area (Å²) in [6, 6.07) is 14.8. The number of benzene rings is 2. The minimum Gasteiger partial charge on any atom is -0.341 e. The lowest BCUT2D eigenvalue weighted by Crippen LogP contribution is -2.43. The molecule has 2 aromatic carbocycles. The van der Waals surface area contributed by atoms with Crippen LogP contribution < -0.4 is 0 Å². The van der Waals surface area contributed by atoms with E-state index in [0.29, 0.717) is 25.9 Å². The van der Waals surface area contributed by atoms with Gasteiger partial charge in [0.1, 0.15) is 12.4 Å². The standard InChI is InChI=1S/C21H21FN2O3S/c22-17-5-7-18(8-6-17)28(26,27)19-10-13-23(14-11-19)21(25)15-24-12-9-16-3-1-2-4-20(16)24/h1-9,12,19H,10-11,13-15H2. The molecule has 28 heavy (non-hydrogen) atoms. The van der Waals surface area contributed by atoms with Gasteiger partial charge in [0.25, 0.3) is 0 Å². The smallest absolute Gasteiger partial charge is 0.242 e. The molecule has 1 aliphatic rings. The van der Waals surface area contributed by atoms with Crippen molar-refractivity contribution in [3.05, 3.63) is 66.6 Å². The molecule has 5 nitrogen and oxygen atoms in total. The Morgan fingerprint density at radius 2 is 1.68 bits per heavy atom. The number of carbonyl (C=O) groups is 1. The van der Waals surface area contributed by atoms with Gasteiger partial charge in [-0.25, -0.2) is 12.8 Å². The predicted molar refractivity (Wildman–Crippen MR) is 105 cm³/mol. The third kappa shape index (κ3) is 3.54. The Kier molecular flexibility index (Phi) is 4.93. The maximum absolute atomic E-state index is 13.1. The van der Waals surface area contributed by atoms with Crippen molar-refractivity contribution in [3.8, 4) is 0 Å². The fourth-order valence-corrected chi connectivity index (χ4v) is 5.49. The quantitative estimate of drug-likeness (QED) is 0.632. The summed E-state index contributed by atoms with van der Waals surface area (Å²) in [5, 5.41) is 0.536. The minimum atomic E-state index is -3.52. The molecule has 0 N–H and O–H groups in total. The van der Waals surface area contributed by atoms with Crippen LogP contribution >= 0.6 is 0 Å². The number of halogens is 1. The van der Waals surface area contributed by atoms with Crippen LogP contribution in [0.15, 0.2) is 65.7 Å². The van der Waals surface area contributed by atoms with E-state index in [4.69, 9.17) is 0 Å². The number of piperidine rings is 1.